The molecule has 0 atom stereocenters. The molecule has 0 spiro atoms. The maximum atomic E-state index is 9.88. The summed E-state index contributed by atoms with van der Waals surface area (Å²) in [5, 5.41) is 0. The minimum absolute atomic E-state index is 0. The van der Waals surface area contributed by atoms with E-state index in [0.29, 0.717) is 0 Å². The van der Waals surface area contributed by atoms with Gasteiger partial charge in [0.2, 0.25) is 0 Å². The molecule has 0 fully saturated rings. The Hall–Kier alpha value is 1.28. The molecule has 0 unspecified atom stereocenters. The average Bonchev–Trinajstić information content (AvgIpc) is 1.65. The molecular formula is C2H8CaO3P+. The number of rotatable bonds is 2. The van der Waals surface area contributed by atoms with Crippen molar-refractivity contribution < 1.29 is 16.5 Å². The van der Waals surface area contributed by atoms with Crippen LogP contribution in [0.1, 0.15) is 2.85 Å². The summed E-state index contributed by atoms with van der Waals surface area (Å²) in [6.45, 7) is 0. The summed E-state index contributed by atoms with van der Waals surface area (Å²) < 4.78 is 18.3. The Bertz CT molecular complexity index is 57.8. The predicted octanol–water partition coefficient (Wildman–Crippen LogP) is 0.781. The first-order valence-electron chi connectivity index (χ1n) is 1.36. The van der Waals surface area contributed by atoms with Crippen molar-refractivity contribution in [2.45, 2.75) is 0 Å². The molecule has 0 aromatic heterocycles. The molecule has 0 saturated heterocycles. The molecule has 5 heteroatoms. The van der Waals surface area contributed by atoms with Gasteiger partial charge in [-0.1, -0.05) is 0 Å². The first-order chi connectivity index (χ1) is 2.81. The van der Waals surface area contributed by atoms with Crippen LogP contribution in [-0.2, 0) is 13.6 Å². The zero-order valence-corrected chi connectivity index (χ0v) is 7.48. The topological polar surface area (TPSA) is 35.5 Å². The standard InChI is InChI=1S/C2H6O3P.Ca.2H/c1-4-6(3)5-2;;;/h1-2H3;;;/q+1;+2;2*-1. The SMILES string of the molecule is CO[P+](=O)OC.[Ca+2].[H-].[H-]. The summed E-state index contributed by atoms with van der Waals surface area (Å²) in [6, 6.07) is 0. The Kier molecular flexibility index (Phi) is 11.6. The molecule has 0 radical (unpaired) electrons. The van der Waals surface area contributed by atoms with Gasteiger partial charge in [-0.05, 0) is 0 Å². The van der Waals surface area contributed by atoms with Crippen LogP contribution in [0.5, 0.6) is 0 Å². The zero-order valence-electron chi connectivity index (χ0n) is 6.38. The van der Waals surface area contributed by atoms with E-state index in [9.17, 15) is 4.57 Å². The molecule has 0 aliphatic carbocycles. The second-order valence-corrected chi connectivity index (χ2v) is 1.77. The number of hydrogen-bond acceptors (Lipinski definition) is 3. The van der Waals surface area contributed by atoms with Gasteiger partial charge in [-0.2, -0.15) is 0 Å². The second kappa shape index (κ2) is 7.28. The fraction of sp³-hybridized carbons (Fsp3) is 1.00. The molecule has 3 nitrogen and oxygen atoms in total. The molecule has 0 heterocycles. The first-order valence-corrected chi connectivity index (χ1v) is 2.46. The molecule has 0 rings (SSSR count). The van der Waals surface area contributed by atoms with Gasteiger partial charge in [-0.15, -0.1) is 9.05 Å². The minimum atomic E-state index is -1.83. The van der Waals surface area contributed by atoms with Crippen LogP contribution in [-0.4, -0.2) is 52.0 Å². The van der Waals surface area contributed by atoms with E-state index in [1.54, 1.807) is 0 Å². The van der Waals surface area contributed by atoms with Crippen molar-refractivity contribution in [1.82, 2.24) is 0 Å². The number of hydrogen-bond donors (Lipinski definition) is 0. The molecule has 0 amide bonds. The fourth-order valence-corrected chi connectivity index (χ4v) is 0.224. The van der Waals surface area contributed by atoms with Crippen LogP contribution >= 0.6 is 8.25 Å². The van der Waals surface area contributed by atoms with Gasteiger partial charge in [-0.3, -0.25) is 0 Å². The maximum Gasteiger partial charge on any atom is 2.00 e. The molecule has 0 aliphatic rings. The fourth-order valence-electron chi connectivity index (χ4n) is 0.0745. The van der Waals surface area contributed by atoms with Crippen LogP contribution in [0.15, 0.2) is 0 Å². The monoisotopic (exact) mass is 151 g/mol. The quantitative estimate of drug-likeness (QED) is 0.432. The molecule has 0 saturated carbocycles. The van der Waals surface area contributed by atoms with Gasteiger partial charge in [0.1, 0.15) is 0 Å². The summed E-state index contributed by atoms with van der Waals surface area (Å²) in [5.74, 6) is 0. The minimum Gasteiger partial charge on any atom is -1.00 e. The normalized spacial score (nSPS) is 7.14. The van der Waals surface area contributed by atoms with E-state index in [2.05, 4.69) is 9.05 Å². The molecule has 0 bridgehead atoms. The first kappa shape index (κ1) is 11.1. The maximum absolute atomic E-state index is 9.88. The molecule has 0 aliphatic heterocycles. The Balaban J connectivity index is -0.0000000417. The summed E-state index contributed by atoms with van der Waals surface area (Å²) in [7, 11) is 0.817. The summed E-state index contributed by atoms with van der Waals surface area (Å²) in [4.78, 5) is 0. The third kappa shape index (κ3) is 7.28. The van der Waals surface area contributed by atoms with Gasteiger partial charge in [-0.25, -0.2) is 0 Å². The molecule has 0 aromatic carbocycles. The van der Waals surface area contributed by atoms with Gasteiger partial charge in [0, 0.05) is 4.57 Å². The van der Waals surface area contributed by atoms with Crippen LogP contribution in [0.25, 0.3) is 0 Å². The second-order valence-electron chi connectivity index (χ2n) is 0.589. The average molecular weight is 151 g/mol. The van der Waals surface area contributed by atoms with Gasteiger partial charge in [0.25, 0.3) is 0 Å². The van der Waals surface area contributed by atoms with Gasteiger partial charge in [0.15, 0.2) is 0 Å². The summed E-state index contributed by atoms with van der Waals surface area (Å²) >= 11 is 0. The summed E-state index contributed by atoms with van der Waals surface area (Å²) in [5.41, 5.74) is 0. The van der Waals surface area contributed by atoms with Crippen LogP contribution in [0, 0.1) is 0 Å². The molecule has 7 heavy (non-hydrogen) atoms. The van der Waals surface area contributed by atoms with E-state index in [0.717, 1.165) is 0 Å². The van der Waals surface area contributed by atoms with Gasteiger partial charge >= 0.3 is 46.0 Å². The largest absolute Gasteiger partial charge is 2.00 e. The van der Waals surface area contributed by atoms with Crippen molar-refractivity contribution in [2.75, 3.05) is 14.2 Å². The summed E-state index contributed by atoms with van der Waals surface area (Å²) in [6.07, 6.45) is 0. The van der Waals surface area contributed by atoms with Crippen molar-refractivity contribution in [3.05, 3.63) is 0 Å². The van der Waals surface area contributed by atoms with Crippen LogP contribution in [0.4, 0.5) is 0 Å². The van der Waals surface area contributed by atoms with Crippen molar-refractivity contribution in [2.24, 2.45) is 0 Å². The van der Waals surface area contributed by atoms with Crippen molar-refractivity contribution >= 4 is 46.0 Å². The Morgan fingerprint density at radius 2 is 1.71 bits per heavy atom. The smallest absolute Gasteiger partial charge is 1.00 e. The zero-order chi connectivity index (χ0) is 4.99. The Morgan fingerprint density at radius 3 is 1.71 bits per heavy atom. The van der Waals surface area contributed by atoms with E-state index in [1.165, 1.54) is 14.2 Å². The van der Waals surface area contributed by atoms with Crippen LogP contribution in [0.2, 0.25) is 0 Å². The van der Waals surface area contributed by atoms with E-state index >= 15 is 0 Å². The Morgan fingerprint density at radius 1 is 1.43 bits per heavy atom. The van der Waals surface area contributed by atoms with E-state index in [4.69, 9.17) is 0 Å². The molecule has 0 aromatic rings. The third-order valence-corrected chi connectivity index (χ3v) is 0.894. The van der Waals surface area contributed by atoms with Crippen molar-refractivity contribution in [1.29, 1.82) is 0 Å². The third-order valence-electron chi connectivity index (χ3n) is 0.298. The van der Waals surface area contributed by atoms with E-state index < -0.39 is 8.25 Å². The Labute approximate surface area is 76.3 Å². The van der Waals surface area contributed by atoms with E-state index in [-0.39, 0.29) is 40.6 Å². The van der Waals surface area contributed by atoms with Crippen LogP contribution < -0.4 is 0 Å². The predicted molar refractivity (Wildman–Crippen MR) is 29.6 cm³/mol. The van der Waals surface area contributed by atoms with Gasteiger partial charge in [0.05, 0.1) is 14.2 Å². The van der Waals surface area contributed by atoms with Crippen LogP contribution in [0.3, 0.4) is 0 Å². The van der Waals surface area contributed by atoms with Crippen molar-refractivity contribution in [3.8, 4) is 0 Å². The van der Waals surface area contributed by atoms with E-state index in [1.807, 2.05) is 0 Å². The van der Waals surface area contributed by atoms with Gasteiger partial charge < -0.3 is 2.85 Å². The van der Waals surface area contributed by atoms with Crippen molar-refractivity contribution in [3.63, 3.8) is 0 Å². The molecular weight excluding hydrogens is 143 g/mol. The molecule has 40 valence electrons. The molecule has 0 N–H and O–H groups in total.